The molecule has 1 saturated carbocycles. The molecule has 1 unspecified atom stereocenters. The smallest absolute Gasteiger partial charge is 0.0342 e. The van der Waals surface area contributed by atoms with Crippen LogP contribution >= 0.6 is 0 Å². The van der Waals surface area contributed by atoms with Gasteiger partial charge in [0.05, 0.1) is 0 Å². The van der Waals surface area contributed by atoms with Crippen molar-refractivity contribution in [2.75, 3.05) is 5.32 Å². The molecule has 88 valence electrons. The maximum Gasteiger partial charge on any atom is 0.0342 e. The van der Waals surface area contributed by atoms with Gasteiger partial charge in [-0.15, -0.1) is 0 Å². The van der Waals surface area contributed by atoms with E-state index in [4.69, 9.17) is 0 Å². The molecule has 1 fully saturated rings. The van der Waals surface area contributed by atoms with Crippen molar-refractivity contribution >= 4 is 5.69 Å². The van der Waals surface area contributed by atoms with Crippen LogP contribution < -0.4 is 5.32 Å². The third kappa shape index (κ3) is 3.01. The molecule has 1 N–H and O–H groups in total. The SMILES string of the molecule is Cc1ccc(NC2CCCC(C)(C)C2)cc1. The minimum absolute atomic E-state index is 0.514. The Hall–Kier alpha value is -0.980. The minimum atomic E-state index is 0.514. The van der Waals surface area contributed by atoms with Crippen LogP contribution in [0.5, 0.6) is 0 Å². The summed E-state index contributed by atoms with van der Waals surface area (Å²) in [6.45, 7) is 6.90. The summed E-state index contributed by atoms with van der Waals surface area (Å²) in [5.41, 5.74) is 3.11. The lowest BCUT2D eigenvalue weighted by Gasteiger charge is -2.36. The molecule has 1 nitrogen and oxygen atoms in total. The van der Waals surface area contributed by atoms with Gasteiger partial charge in [-0.3, -0.25) is 0 Å². The third-order valence-electron chi connectivity index (χ3n) is 3.63. The topological polar surface area (TPSA) is 12.0 Å². The van der Waals surface area contributed by atoms with Gasteiger partial charge >= 0.3 is 0 Å². The Bertz CT molecular complexity index is 337. The van der Waals surface area contributed by atoms with E-state index >= 15 is 0 Å². The van der Waals surface area contributed by atoms with Gasteiger partial charge in [0.15, 0.2) is 0 Å². The zero-order valence-corrected chi connectivity index (χ0v) is 10.7. The van der Waals surface area contributed by atoms with Crippen LogP contribution in [0.15, 0.2) is 24.3 Å². The van der Waals surface area contributed by atoms with E-state index in [0.717, 1.165) is 0 Å². The molecule has 0 bridgehead atoms. The molecule has 0 aromatic heterocycles. The standard InChI is InChI=1S/C15H23N/c1-12-6-8-13(9-7-12)16-14-5-4-10-15(2,3)11-14/h6-9,14,16H,4-5,10-11H2,1-3H3. The summed E-state index contributed by atoms with van der Waals surface area (Å²) in [5.74, 6) is 0. The van der Waals surface area contributed by atoms with Gasteiger partial charge in [-0.25, -0.2) is 0 Å². The predicted molar refractivity (Wildman–Crippen MR) is 70.8 cm³/mol. The van der Waals surface area contributed by atoms with Crippen LogP contribution in [0, 0.1) is 12.3 Å². The van der Waals surface area contributed by atoms with Crippen LogP contribution in [0.4, 0.5) is 5.69 Å². The highest BCUT2D eigenvalue weighted by Gasteiger charge is 2.27. The molecule has 1 aromatic rings. The maximum absolute atomic E-state index is 3.66. The number of hydrogen-bond donors (Lipinski definition) is 1. The van der Waals surface area contributed by atoms with Gasteiger partial charge in [0, 0.05) is 11.7 Å². The summed E-state index contributed by atoms with van der Waals surface area (Å²) in [7, 11) is 0. The summed E-state index contributed by atoms with van der Waals surface area (Å²) in [6.07, 6.45) is 5.34. The van der Waals surface area contributed by atoms with Crippen molar-refractivity contribution in [2.45, 2.75) is 52.5 Å². The summed E-state index contributed by atoms with van der Waals surface area (Å²) in [4.78, 5) is 0. The highest BCUT2D eigenvalue weighted by Crippen LogP contribution is 2.36. The molecule has 0 aliphatic heterocycles. The van der Waals surface area contributed by atoms with Crippen LogP contribution in [0.25, 0.3) is 0 Å². The van der Waals surface area contributed by atoms with Crippen molar-refractivity contribution in [1.82, 2.24) is 0 Å². The molecule has 0 radical (unpaired) electrons. The highest BCUT2D eigenvalue weighted by atomic mass is 14.9. The first-order chi connectivity index (χ1) is 7.55. The van der Waals surface area contributed by atoms with Gasteiger partial charge < -0.3 is 5.32 Å². The average Bonchev–Trinajstić information content (AvgIpc) is 2.20. The first-order valence-corrected chi connectivity index (χ1v) is 6.38. The predicted octanol–water partition coefficient (Wildman–Crippen LogP) is 4.38. The van der Waals surface area contributed by atoms with Gasteiger partial charge in [0.25, 0.3) is 0 Å². The fourth-order valence-corrected chi connectivity index (χ4v) is 2.71. The van der Waals surface area contributed by atoms with E-state index in [9.17, 15) is 0 Å². The van der Waals surface area contributed by atoms with Crippen molar-refractivity contribution in [3.05, 3.63) is 29.8 Å². The molecule has 1 heteroatoms. The summed E-state index contributed by atoms with van der Waals surface area (Å²) >= 11 is 0. The van der Waals surface area contributed by atoms with Crippen molar-refractivity contribution < 1.29 is 0 Å². The molecule has 1 aromatic carbocycles. The second-order valence-electron chi connectivity index (χ2n) is 5.97. The average molecular weight is 217 g/mol. The lowest BCUT2D eigenvalue weighted by Crippen LogP contribution is -2.31. The van der Waals surface area contributed by atoms with E-state index in [1.807, 2.05) is 0 Å². The van der Waals surface area contributed by atoms with E-state index in [2.05, 4.69) is 50.4 Å². The van der Waals surface area contributed by atoms with Gasteiger partial charge in [-0.1, -0.05) is 38.0 Å². The van der Waals surface area contributed by atoms with Gasteiger partial charge in [0.2, 0.25) is 0 Å². The summed E-state index contributed by atoms with van der Waals surface area (Å²) in [6, 6.07) is 9.40. The molecule has 0 saturated heterocycles. The Morgan fingerprint density at radius 2 is 1.88 bits per heavy atom. The molecular formula is C15H23N. The normalized spacial score (nSPS) is 24.1. The Labute approximate surface area is 99.3 Å². The molecule has 1 aliphatic carbocycles. The van der Waals surface area contributed by atoms with Crippen LogP contribution in [0.1, 0.15) is 45.1 Å². The van der Waals surface area contributed by atoms with Crippen molar-refractivity contribution in [3.63, 3.8) is 0 Å². The first kappa shape index (κ1) is 11.5. The number of nitrogens with one attached hydrogen (secondary N) is 1. The van der Waals surface area contributed by atoms with E-state index in [0.29, 0.717) is 11.5 Å². The molecule has 0 amide bonds. The van der Waals surface area contributed by atoms with E-state index < -0.39 is 0 Å². The molecule has 2 rings (SSSR count). The summed E-state index contributed by atoms with van der Waals surface area (Å²) in [5, 5.41) is 3.66. The Morgan fingerprint density at radius 1 is 1.19 bits per heavy atom. The lowest BCUT2D eigenvalue weighted by molar-refractivity contribution is 0.229. The Balaban J connectivity index is 1.97. The minimum Gasteiger partial charge on any atom is -0.382 e. The summed E-state index contributed by atoms with van der Waals surface area (Å²) < 4.78 is 0. The van der Waals surface area contributed by atoms with Gasteiger partial charge in [0.1, 0.15) is 0 Å². The third-order valence-corrected chi connectivity index (χ3v) is 3.63. The maximum atomic E-state index is 3.66. The first-order valence-electron chi connectivity index (χ1n) is 6.38. The number of rotatable bonds is 2. The lowest BCUT2D eigenvalue weighted by atomic mass is 9.75. The number of benzene rings is 1. The number of aryl methyl sites for hydroxylation is 1. The zero-order chi connectivity index (χ0) is 11.6. The van der Waals surface area contributed by atoms with Crippen molar-refractivity contribution in [1.29, 1.82) is 0 Å². The van der Waals surface area contributed by atoms with E-state index in [1.54, 1.807) is 0 Å². The Kier molecular flexibility index (Phi) is 3.22. The molecule has 0 heterocycles. The monoisotopic (exact) mass is 217 g/mol. The fourth-order valence-electron chi connectivity index (χ4n) is 2.71. The second kappa shape index (κ2) is 4.48. The number of hydrogen-bond acceptors (Lipinski definition) is 1. The van der Waals surface area contributed by atoms with Crippen LogP contribution in [0.3, 0.4) is 0 Å². The van der Waals surface area contributed by atoms with Crippen LogP contribution in [-0.4, -0.2) is 6.04 Å². The van der Waals surface area contributed by atoms with Gasteiger partial charge in [-0.2, -0.15) is 0 Å². The second-order valence-corrected chi connectivity index (χ2v) is 5.97. The zero-order valence-electron chi connectivity index (χ0n) is 10.7. The quantitative estimate of drug-likeness (QED) is 0.775. The Morgan fingerprint density at radius 3 is 2.50 bits per heavy atom. The molecule has 16 heavy (non-hydrogen) atoms. The van der Waals surface area contributed by atoms with E-state index in [1.165, 1.54) is 36.9 Å². The fraction of sp³-hybridized carbons (Fsp3) is 0.600. The molecule has 0 spiro atoms. The molecule has 1 aliphatic rings. The number of anilines is 1. The van der Waals surface area contributed by atoms with Crippen molar-refractivity contribution in [3.8, 4) is 0 Å². The van der Waals surface area contributed by atoms with E-state index in [-0.39, 0.29) is 0 Å². The molecule has 1 atom stereocenters. The van der Waals surface area contributed by atoms with Crippen LogP contribution in [-0.2, 0) is 0 Å². The highest BCUT2D eigenvalue weighted by molar-refractivity contribution is 5.45. The van der Waals surface area contributed by atoms with Crippen molar-refractivity contribution in [2.24, 2.45) is 5.41 Å². The van der Waals surface area contributed by atoms with Gasteiger partial charge in [-0.05, 0) is 43.7 Å². The van der Waals surface area contributed by atoms with Crippen LogP contribution in [0.2, 0.25) is 0 Å². The largest absolute Gasteiger partial charge is 0.382 e. The molecular weight excluding hydrogens is 194 g/mol.